The van der Waals surface area contributed by atoms with E-state index in [1.807, 2.05) is 0 Å². The topological polar surface area (TPSA) is 109 Å². The molecule has 0 fully saturated rings. The normalized spacial score (nSPS) is 12.5. The van der Waals surface area contributed by atoms with Crippen molar-refractivity contribution in [2.24, 2.45) is 5.73 Å². The summed E-state index contributed by atoms with van der Waals surface area (Å²) in [4.78, 5) is 11.1. The number of aromatic carboxylic acids is 1. The van der Waals surface area contributed by atoms with Gasteiger partial charge in [0.1, 0.15) is 5.82 Å². The van der Waals surface area contributed by atoms with Gasteiger partial charge < -0.3 is 10.8 Å². The van der Waals surface area contributed by atoms with Crippen molar-refractivity contribution in [3.63, 3.8) is 0 Å². The van der Waals surface area contributed by atoms with Gasteiger partial charge in [-0.3, -0.25) is 0 Å². The van der Waals surface area contributed by atoms with Crippen molar-refractivity contribution in [2.75, 3.05) is 6.54 Å². The molecule has 0 amide bonds. The number of nitrogens with one attached hydrogen (secondary N) is 1. The lowest BCUT2D eigenvalue weighted by Gasteiger charge is -2.14. The summed E-state index contributed by atoms with van der Waals surface area (Å²) in [6.07, 6.45) is -0.215. The van der Waals surface area contributed by atoms with Gasteiger partial charge in [0.25, 0.3) is 0 Å². The van der Waals surface area contributed by atoms with Crippen LogP contribution in [-0.2, 0) is 16.4 Å². The number of carboxylic acid groups (broad SMARTS) is 1. The predicted octanol–water partition coefficient (Wildman–Crippen LogP) is 3.32. The molecule has 0 aliphatic heterocycles. The molecule has 0 heterocycles. The van der Waals surface area contributed by atoms with Gasteiger partial charge in [-0.05, 0) is 53.4 Å². The standard InChI is InChI=1S/C22H19F3N2O4S/c23-19-11-21(25)20(24)10-16(19)8-17(26)12-27-32(30,31)18-6-2-4-14(9-18)13-3-1-5-15(7-13)22(28)29/h1-7,9-11,17,27H,8,12,26H2,(H,28,29)/t17-/m1/s1. The van der Waals surface area contributed by atoms with Crippen LogP contribution in [0.2, 0.25) is 0 Å². The van der Waals surface area contributed by atoms with Crippen LogP contribution in [0.5, 0.6) is 0 Å². The third-order valence-electron chi connectivity index (χ3n) is 4.69. The molecule has 0 bridgehead atoms. The highest BCUT2D eigenvalue weighted by Crippen LogP contribution is 2.23. The molecular weight excluding hydrogens is 445 g/mol. The van der Waals surface area contributed by atoms with Gasteiger partial charge in [0.15, 0.2) is 11.6 Å². The summed E-state index contributed by atoms with van der Waals surface area (Å²) in [5.74, 6) is -4.63. The third kappa shape index (κ3) is 5.52. The SMILES string of the molecule is N[C@@H](CNS(=O)(=O)c1cccc(-c2cccc(C(=O)O)c2)c1)Cc1cc(F)c(F)cc1F. The lowest BCUT2D eigenvalue weighted by molar-refractivity contribution is 0.0697. The number of benzene rings is 3. The smallest absolute Gasteiger partial charge is 0.335 e. The number of hydrogen-bond acceptors (Lipinski definition) is 4. The van der Waals surface area contributed by atoms with Crippen molar-refractivity contribution in [2.45, 2.75) is 17.4 Å². The second-order valence-electron chi connectivity index (χ2n) is 7.09. The zero-order valence-electron chi connectivity index (χ0n) is 16.6. The van der Waals surface area contributed by atoms with Gasteiger partial charge in [-0.1, -0.05) is 24.3 Å². The van der Waals surface area contributed by atoms with Crippen LogP contribution in [0.4, 0.5) is 13.2 Å². The summed E-state index contributed by atoms with van der Waals surface area (Å²) in [5, 5.41) is 9.13. The van der Waals surface area contributed by atoms with Crippen molar-refractivity contribution in [3.8, 4) is 11.1 Å². The van der Waals surface area contributed by atoms with Crippen LogP contribution in [-0.4, -0.2) is 32.1 Å². The molecule has 4 N–H and O–H groups in total. The second kappa shape index (κ2) is 9.51. The van der Waals surface area contributed by atoms with Crippen LogP contribution >= 0.6 is 0 Å². The summed E-state index contributed by atoms with van der Waals surface area (Å²) in [6, 6.07) is 12.1. The Morgan fingerprint density at radius 1 is 0.938 bits per heavy atom. The van der Waals surface area contributed by atoms with Crippen molar-refractivity contribution >= 4 is 16.0 Å². The van der Waals surface area contributed by atoms with Gasteiger partial charge in [0.05, 0.1) is 10.5 Å². The second-order valence-corrected chi connectivity index (χ2v) is 8.85. The predicted molar refractivity (Wildman–Crippen MR) is 112 cm³/mol. The number of hydrogen-bond donors (Lipinski definition) is 3. The highest BCUT2D eigenvalue weighted by molar-refractivity contribution is 7.89. The largest absolute Gasteiger partial charge is 0.478 e. The Kier molecular flexibility index (Phi) is 6.97. The third-order valence-corrected chi connectivity index (χ3v) is 6.12. The maximum absolute atomic E-state index is 13.8. The Hall–Kier alpha value is -3.21. The van der Waals surface area contributed by atoms with E-state index in [0.717, 1.165) is 0 Å². The molecule has 0 unspecified atom stereocenters. The molecule has 0 aromatic heterocycles. The Balaban J connectivity index is 1.73. The van der Waals surface area contributed by atoms with Crippen LogP contribution in [0.15, 0.2) is 65.6 Å². The Bertz CT molecular complexity index is 1270. The minimum Gasteiger partial charge on any atom is -0.478 e. The zero-order chi connectivity index (χ0) is 23.5. The molecule has 0 radical (unpaired) electrons. The molecule has 0 saturated heterocycles. The number of halogens is 3. The van der Waals surface area contributed by atoms with E-state index in [9.17, 15) is 26.4 Å². The summed E-state index contributed by atoms with van der Waals surface area (Å²) in [5.41, 5.74) is 6.75. The van der Waals surface area contributed by atoms with Crippen LogP contribution in [0.1, 0.15) is 15.9 Å². The molecule has 168 valence electrons. The first kappa shape index (κ1) is 23.5. The average Bonchev–Trinajstić information content (AvgIpc) is 2.76. The molecule has 3 aromatic rings. The molecule has 10 heteroatoms. The van der Waals surface area contributed by atoms with Crippen molar-refractivity contribution < 1.29 is 31.5 Å². The van der Waals surface area contributed by atoms with Gasteiger partial charge >= 0.3 is 5.97 Å². The van der Waals surface area contributed by atoms with E-state index >= 15 is 0 Å². The first-order valence-electron chi connectivity index (χ1n) is 9.39. The number of rotatable bonds is 8. The lowest BCUT2D eigenvalue weighted by atomic mass is 10.0. The maximum atomic E-state index is 13.8. The van der Waals surface area contributed by atoms with E-state index in [4.69, 9.17) is 10.8 Å². The molecule has 3 rings (SSSR count). The molecule has 0 aliphatic rings. The van der Waals surface area contributed by atoms with Crippen LogP contribution in [0.25, 0.3) is 11.1 Å². The van der Waals surface area contributed by atoms with Crippen molar-refractivity contribution in [1.29, 1.82) is 0 Å². The van der Waals surface area contributed by atoms with Gasteiger partial charge in [0.2, 0.25) is 10.0 Å². The molecule has 0 aliphatic carbocycles. The molecule has 6 nitrogen and oxygen atoms in total. The zero-order valence-corrected chi connectivity index (χ0v) is 17.4. The van der Waals surface area contributed by atoms with E-state index in [-0.39, 0.29) is 29.0 Å². The monoisotopic (exact) mass is 464 g/mol. The van der Waals surface area contributed by atoms with E-state index in [1.165, 1.54) is 30.3 Å². The molecule has 1 atom stereocenters. The Morgan fingerprint density at radius 2 is 1.56 bits per heavy atom. The first-order chi connectivity index (χ1) is 15.1. The van der Waals surface area contributed by atoms with Crippen LogP contribution in [0.3, 0.4) is 0 Å². The summed E-state index contributed by atoms with van der Waals surface area (Å²) in [7, 11) is -4.00. The molecule has 0 saturated carbocycles. The van der Waals surface area contributed by atoms with E-state index in [2.05, 4.69) is 4.72 Å². The average molecular weight is 464 g/mol. The number of sulfonamides is 1. The minimum absolute atomic E-state index is 0.0596. The van der Waals surface area contributed by atoms with Gasteiger partial charge in [0, 0.05) is 18.7 Å². The number of carbonyl (C=O) groups is 1. The molecule has 32 heavy (non-hydrogen) atoms. The van der Waals surface area contributed by atoms with E-state index in [0.29, 0.717) is 23.3 Å². The summed E-state index contributed by atoms with van der Waals surface area (Å²) >= 11 is 0. The quantitative estimate of drug-likeness (QED) is 0.443. The van der Waals surface area contributed by atoms with E-state index in [1.54, 1.807) is 18.2 Å². The minimum atomic E-state index is -4.00. The summed E-state index contributed by atoms with van der Waals surface area (Å²) < 4.78 is 67.8. The van der Waals surface area contributed by atoms with Gasteiger partial charge in [-0.25, -0.2) is 31.1 Å². The van der Waals surface area contributed by atoms with Gasteiger partial charge in [-0.15, -0.1) is 0 Å². The Labute approximate surface area is 182 Å². The van der Waals surface area contributed by atoms with Crippen LogP contribution < -0.4 is 10.5 Å². The highest BCUT2D eigenvalue weighted by atomic mass is 32.2. The lowest BCUT2D eigenvalue weighted by Crippen LogP contribution is -2.38. The summed E-state index contributed by atoms with van der Waals surface area (Å²) in [6.45, 7) is -0.278. The highest BCUT2D eigenvalue weighted by Gasteiger charge is 2.18. The fourth-order valence-corrected chi connectivity index (χ4v) is 4.19. The van der Waals surface area contributed by atoms with E-state index < -0.39 is 39.5 Å². The fraction of sp³-hybridized carbons (Fsp3) is 0.136. The molecule has 3 aromatic carbocycles. The molecule has 0 spiro atoms. The molecular formula is C22H19F3N2O4S. The Morgan fingerprint density at radius 3 is 2.25 bits per heavy atom. The number of nitrogens with two attached hydrogens (primary N) is 1. The van der Waals surface area contributed by atoms with Crippen molar-refractivity contribution in [3.05, 3.63) is 89.2 Å². The fourth-order valence-electron chi connectivity index (χ4n) is 3.05. The maximum Gasteiger partial charge on any atom is 0.335 e. The van der Waals surface area contributed by atoms with Crippen molar-refractivity contribution in [1.82, 2.24) is 4.72 Å². The van der Waals surface area contributed by atoms with Crippen LogP contribution in [0, 0.1) is 17.5 Å². The first-order valence-corrected chi connectivity index (χ1v) is 10.9. The number of carboxylic acids is 1. The van der Waals surface area contributed by atoms with Gasteiger partial charge in [-0.2, -0.15) is 0 Å².